The van der Waals surface area contributed by atoms with Gasteiger partial charge in [-0.15, -0.1) is 0 Å². The molecule has 2 unspecified atom stereocenters. The molecule has 2 atom stereocenters. The van der Waals surface area contributed by atoms with Crippen LogP contribution in [-0.2, 0) is 6.42 Å². The summed E-state index contributed by atoms with van der Waals surface area (Å²) in [6.07, 6.45) is 2.34. The van der Waals surface area contributed by atoms with Crippen LogP contribution in [0.5, 0.6) is 0 Å². The molecule has 1 saturated heterocycles. The largest absolute Gasteiger partial charge is 0.365 e. The summed E-state index contributed by atoms with van der Waals surface area (Å²) >= 11 is 0. The van der Waals surface area contributed by atoms with Crippen LogP contribution in [0.15, 0.2) is 24.3 Å². The summed E-state index contributed by atoms with van der Waals surface area (Å²) in [7, 11) is 0. The van der Waals surface area contributed by atoms with Crippen LogP contribution in [0, 0.1) is 0 Å². The van der Waals surface area contributed by atoms with Gasteiger partial charge in [0.2, 0.25) is 0 Å². The molecule has 17 heavy (non-hydrogen) atoms. The van der Waals surface area contributed by atoms with Crippen LogP contribution < -0.4 is 10.2 Å². The van der Waals surface area contributed by atoms with Gasteiger partial charge in [0.15, 0.2) is 0 Å². The normalized spacial score (nSPS) is 25.7. The first-order valence-corrected chi connectivity index (χ1v) is 6.80. The molecule has 0 aliphatic carbocycles. The Balaban J connectivity index is 2.22. The van der Waals surface area contributed by atoms with Crippen LogP contribution in [0.3, 0.4) is 0 Å². The van der Waals surface area contributed by atoms with Crippen molar-refractivity contribution in [1.29, 1.82) is 0 Å². The highest BCUT2D eigenvalue weighted by molar-refractivity contribution is 5.49. The molecule has 0 aromatic heterocycles. The van der Waals surface area contributed by atoms with E-state index < -0.39 is 0 Å². The van der Waals surface area contributed by atoms with Crippen molar-refractivity contribution in [3.63, 3.8) is 0 Å². The first-order chi connectivity index (χ1) is 8.22. The Morgan fingerprint density at radius 2 is 1.88 bits per heavy atom. The molecule has 94 valence electrons. The van der Waals surface area contributed by atoms with E-state index in [0.29, 0.717) is 12.1 Å². The van der Waals surface area contributed by atoms with E-state index in [1.165, 1.54) is 17.7 Å². The maximum absolute atomic E-state index is 3.51. The van der Waals surface area contributed by atoms with E-state index in [2.05, 4.69) is 55.3 Å². The third-order valence-electron chi connectivity index (χ3n) is 3.77. The minimum Gasteiger partial charge on any atom is -0.365 e. The summed E-state index contributed by atoms with van der Waals surface area (Å²) in [5, 5.41) is 3.51. The van der Waals surface area contributed by atoms with Gasteiger partial charge in [-0.2, -0.15) is 0 Å². The lowest BCUT2D eigenvalue weighted by Crippen LogP contribution is -2.41. The van der Waals surface area contributed by atoms with Crippen molar-refractivity contribution >= 4 is 5.69 Å². The third kappa shape index (κ3) is 2.81. The fourth-order valence-corrected chi connectivity index (χ4v) is 2.71. The van der Waals surface area contributed by atoms with E-state index in [1.54, 1.807) is 0 Å². The Kier molecular flexibility index (Phi) is 4.06. The number of hydrogen-bond acceptors (Lipinski definition) is 2. The van der Waals surface area contributed by atoms with E-state index in [4.69, 9.17) is 0 Å². The molecule has 0 amide bonds. The fraction of sp³-hybridized carbons (Fsp3) is 0.600. The molecule has 1 fully saturated rings. The zero-order valence-electron chi connectivity index (χ0n) is 11.2. The molecule has 1 aromatic carbocycles. The smallest absolute Gasteiger partial charge is 0.0389 e. The summed E-state index contributed by atoms with van der Waals surface area (Å²) in [6, 6.07) is 10.3. The topological polar surface area (TPSA) is 15.3 Å². The Morgan fingerprint density at radius 3 is 2.53 bits per heavy atom. The predicted octanol–water partition coefficient (Wildman–Crippen LogP) is 2.83. The highest BCUT2D eigenvalue weighted by Crippen LogP contribution is 2.23. The van der Waals surface area contributed by atoms with Gasteiger partial charge in [-0.05, 0) is 50.9 Å². The van der Waals surface area contributed by atoms with Crippen molar-refractivity contribution in [2.24, 2.45) is 0 Å². The molecule has 1 heterocycles. The van der Waals surface area contributed by atoms with E-state index in [-0.39, 0.29) is 0 Å². The van der Waals surface area contributed by atoms with Crippen molar-refractivity contribution in [3.8, 4) is 0 Å². The van der Waals surface area contributed by atoms with Gasteiger partial charge in [-0.3, -0.25) is 0 Å². The molecule has 1 aromatic rings. The SMILES string of the molecule is CCc1ccc(N2C(C)CCNCC2C)cc1. The molecule has 0 radical (unpaired) electrons. The summed E-state index contributed by atoms with van der Waals surface area (Å²) < 4.78 is 0. The monoisotopic (exact) mass is 232 g/mol. The van der Waals surface area contributed by atoms with Gasteiger partial charge in [0.05, 0.1) is 0 Å². The Morgan fingerprint density at radius 1 is 1.18 bits per heavy atom. The van der Waals surface area contributed by atoms with E-state index in [1.807, 2.05) is 0 Å². The van der Waals surface area contributed by atoms with Crippen molar-refractivity contribution in [2.45, 2.75) is 45.7 Å². The van der Waals surface area contributed by atoms with Crippen LogP contribution in [0.1, 0.15) is 32.8 Å². The van der Waals surface area contributed by atoms with Crippen molar-refractivity contribution in [3.05, 3.63) is 29.8 Å². The molecule has 1 aliphatic rings. The summed E-state index contributed by atoms with van der Waals surface area (Å²) in [5.41, 5.74) is 2.79. The fourth-order valence-electron chi connectivity index (χ4n) is 2.71. The minimum atomic E-state index is 0.569. The molecule has 2 nitrogen and oxygen atoms in total. The molecule has 1 N–H and O–H groups in total. The van der Waals surface area contributed by atoms with Crippen molar-refractivity contribution in [2.75, 3.05) is 18.0 Å². The molecular formula is C15H24N2. The molecule has 0 saturated carbocycles. The average Bonchev–Trinajstić information content (AvgIpc) is 2.51. The summed E-state index contributed by atoms with van der Waals surface area (Å²) in [5.74, 6) is 0. The maximum Gasteiger partial charge on any atom is 0.0389 e. The summed E-state index contributed by atoms with van der Waals surface area (Å²) in [4.78, 5) is 2.55. The second-order valence-corrected chi connectivity index (χ2v) is 5.12. The molecule has 0 bridgehead atoms. The number of anilines is 1. The summed E-state index contributed by atoms with van der Waals surface area (Å²) in [6.45, 7) is 9.06. The molecule has 2 heteroatoms. The van der Waals surface area contributed by atoms with Gasteiger partial charge < -0.3 is 10.2 Å². The molecule has 0 spiro atoms. The standard InChI is InChI=1S/C15H24N2/c1-4-14-5-7-15(8-6-14)17-12(2)9-10-16-11-13(17)3/h5-8,12-13,16H,4,9-11H2,1-3H3. The molecule has 2 rings (SSSR count). The lowest BCUT2D eigenvalue weighted by atomic mass is 10.1. The highest BCUT2D eigenvalue weighted by atomic mass is 15.2. The number of rotatable bonds is 2. The van der Waals surface area contributed by atoms with Gasteiger partial charge in [-0.25, -0.2) is 0 Å². The van der Waals surface area contributed by atoms with E-state index in [0.717, 1.165) is 19.5 Å². The molecular weight excluding hydrogens is 208 g/mol. The van der Waals surface area contributed by atoms with Crippen LogP contribution in [0.2, 0.25) is 0 Å². The van der Waals surface area contributed by atoms with Gasteiger partial charge in [-0.1, -0.05) is 19.1 Å². The number of aryl methyl sites for hydroxylation is 1. The second kappa shape index (κ2) is 5.54. The van der Waals surface area contributed by atoms with Crippen molar-refractivity contribution < 1.29 is 0 Å². The lowest BCUT2D eigenvalue weighted by Gasteiger charge is -2.34. The average molecular weight is 232 g/mol. The lowest BCUT2D eigenvalue weighted by molar-refractivity contribution is 0.575. The van der Waals surface area contributed by atoms with Crippen LogP contribution >= 0.6 is 0 Å². The minimum absolute atomic E-state index is 0.569. The van der Waals surface area contributed by atoms with Gasteiger partial charge in [0.1, 0.15) is 0 Å². The number of nitrogens with zero attached hydrogens (tertiary/aromatic N) is 1. The number of nitrogens with one attached hydrogen (secondary N) is 1. The maximum atomic E-state index is 3.51. The van der Waals surface area contributed by atoms with Crippen molar-refractivity contribution in [1.82, 2.24) is 5.32 Å². The number of hydrogen-bond donors (Lipinski definition) is 1. The quantitative estimate of drug-likeness (QED) is 0.843. The first-order valence-electron chi connectivity index (χ1n) is 6.80. The zero-order valence-corrected chi connectivity index (χ0v) is 11.2. The number of benzene rings is 1. The third-order valence-corrected chi connectivity index (χ3v) is 3.77. The van der Waals surface area contributed by atoms with Gasteiger partial charge >= 0.3 is 0 Å². The highest BCUT2D eigenvalue weighted by Gasteiger charge is 2.22. The van der Waals surface area contributed by atoms with Crippen LogP contribution in [0.25, 0.3) is 0 Å². The Bertz CT molecular complexity index is 332. The van der Waals surface area contributed by atoms with Gasteiger partial charge in [0.25, 0.3) is 0 Å². The predicted molar refractivity (Wildman–Crippen MR) is 74.7 cm³/mol. The first kappa shape index (κ1) is 12.4. The van der Waals surface area contributed by atoms with Crippen LogP contribution in [-0.4, -0.2) is 25.2 Å². The molecule has 1 aliphatic heterocycles. The van der Waals surface area contributed by atoms with Gasteiger partial charge in [0, 0.05) is 24.3 Å². The second-order valence-electron chi connectivity index (χ2n) is 5.12. The Labute approximate surface area is 105 Å². The van der Waals surface area contributed by atoms with Crippen LogP contribution in [0.4, 0.5) is 5.69 Å². The zero-order chi connectivity index (χ0) is 12.3. The van der Waals surface area contributed by atoms with E-state index >= 15 is 0 Å². The Hall–Kier alpha value is -1.02. The van der Waals surface area contributed by atoms with E-state index in [9.17, 15) is 0 Å².